The SMILES string of the molecule is COc1ccc2ccccc2c1-c1cc(C(=O)N/N=C\c2ccc(Cl)cc2)[nH]n1. The number of rotatable bonds is 5. The maximum absolute atomic E-state index is 12.4. The molecule has 1 aromatic heterocycles. The number of aromatic nitrogens is 2. The monoisotopic (exact) mass is 404 g/mol. The Balaban J connectivity index is 1.58. The largest absolute Gasteiger partial charge is 0.496 e. The average Bonchev–Trinajstić information content (AvgIpc) is 3.24. The van der Waals surface area contributed by atoms with Gasteiger partial charge in [-0.05, 0) is 40.6 Å². The first-order chi connectivity index (χ1) is 14.2. The number of H-pyrrole nitrogens is 1. The highest BCUT2D eigenvalue weighted by Gasteiger charge is 2.16. The first-order valence-corrected chi connectivity index (χ1v) is 9.24. The highest BCUT2D eigenvalue weighted by molar-refractivity contribution is 6.30. The molecule has 0 fully saturated rings. The molecular weight excluding hydrogens is 388 g/mol. The van der Waals surface area contributed by atoms with Crippen LogP contribution in [0.25, 0.3) is 22.0 Å². The fraction of sp³-hybridized carbons (Fsp3) is 0.0455. The second kappa shape index (κ2) is 8.16. The lowest BCUT2D eigenvalue weighted by Gasteiger charge is -2.09. The lowest BCUT2D eigenvalue weighted by molar-refractivity contribution is 0.0950. The highest BCUT2D eigenvalue weighted by Crippen LogP contribution is 2.36. The molecule has 0 unspecified atom stereocenters. The second-order valence-corrected chi connectivity index (χ2v) is 6.72. The van der Waals surface area contributed by atoms with Crippen LogP contribution in [0.3, 0.4) is 0 Å². The zero-order valence-electron chi connectivity index (χ0n) is 15.5. The Morgan fingerprint density at radius 1 is 1.14 bits per heavy atom. The van der Waals surface area contributed by atoms with Crippen molar-refractivity contribution in [3.05, 3.63) is 83.0 Å². The number of hydrazone groups is 1. The number of nitrogens with one attached hydrogen (secondary N) is 2. The predicted molar refractivity (Wildman–Crippen MR) is 115 cm³/mol. The van der Waals surface area contributed by atoms with E-state index in [0.29, 0.717) is 22.2 Å². The number of carbonyl (C=O) groups is 1. The van der Waals surface area contributed by atoms with Crippen molar-refractivity contribution in [1.82, 2.24) is 15.6 Å². The summed E-state index contributed by atoms with van der Waals surface area (Å²) < 4.78 is 5.51. The average molecular weight is 405 g/mol. The third-order valence-electron chi connectivity index (χ3n) is 4.44. The Morgan fingerprint density at radius 3 is 2.72 bits per heavy atom. The normalized spacial score (nSPS) is 11.1. The number of benzene rings is 3. The fourth-order valence-corrected chi connectivity index (χ4v) is 3.15. The summed E-state index contributed by atoms with van der Waals surface area (Å²) in [4.78, 5) is 12.4. The van der Waals surface area contributed by atoms with Crippen LogP contribution in [0, 0.1) is 0 Å². The van der Waals surface area contributed by atoms with E-state index in [-0.39, 0.29) is 0 Å². The molecule has 1 heterocycles. The Labute approximate surface area is 172 Å². The quantitative estimate of drug-likeness (QED) is 0.375. The lowest BCUT2D eigenvalue weighted by atomic mass is 10.0. The summed E-state index contributed by atoms with van der Waals surface area (Å²) in [5.41, 5.74) is 5.04. The van der Waals surface area contributed by atoms with E-state index in [1.807, 2.05) is 36.4 Å². The van der Waals surface area contributed by atoms with E-state index in [4.69, 9.17) is 16.3 Å². The van der Waals surface area contributed by atoms with Crippen LogP contribution >= 0.6 is 11.6 Å². The summed E-state index contributed by atoms with van der Waals surface area (Å²) >= 11 is 5.85. The number of fused-ring (bicyclic) bond motifs is 1. The zero-order chi connectivity index (χ0) is 20.2. The number of carbonyl (C=O) groups excluding carboxylic acids is 1. The van der Waals surface area contributed by atoms with Gasteiger partial charge in [0.15, 0.2) is 0 Å². The summed E-state index contributed by atoms with van der Waals surface area (Å²) in [5.74, 6) is 0.288. The maximum Gasteiger partial charge on any atom is 0.289 e. The molecule has 0 radical (unpaired) electrons. The fourth-order valence-electron chi connectivity index (χ4n) is 3.03. The van der Waals surface area contributed by atoms with Gasteiger partial charge in [-0.3, -0.25) is 9.89 Å². The van der Waals surface area contributed by atoms with Gasteiger partial charge in [0.2, 0.25) is 0 Å². The standard InChI is InChI=1S/C22H17ClN4O2/c1-29-20-11-8-15-4-2-3-5-17(15)21(20)18-12-19(26-25-18)22(28)27-24-13-14-6-9-16(23)10-7-14/h2-13H,1H3,(H,25,26)(H,27,28)/b24-13-. The minimum Gasteiger partial charge on any atom is -0.496 e. The molecule has 3 aromatic carbocycles. The zero-order valence-corrected chi connectivity index (χ0v) is 16.3. The van der Waals surface area contributed by atoms with Crippen LogP contribution in [0.4, 0.5) is 0 Å². The van der Waals surface area contributed by atoms with E-state index in [2.05, 4.69) is 20.7 Å². The number of ether oxygens (including phenoxy) is 1. The molecule has 0 aliphatic heterocycles. The highest BCUT2D eigenvalue weighted by atomic mass is 35.5. The van der Waals surface area contributed by atoms with Gasteiger partial charge in [-0.2, -0.15) is 10.2 Å². The molecule has 0 bridgehead atoms. The smallest absolute Gasteiger partial charge is 0.289 e. The molecule has 0 aliphatic carbocycles. The Kier molecular flexibility index (Phi) is 5.27. The minimum absolute atomic E-state index is 0.295. The molecule has 0 saturated heterocycles. The van der Waals surface area contributed by atoms with E-state index < -0.39 is 5.91 Å². The van der Waals surface area contributed by atoms with Crippen molar-refractivity contribution in [3.63, 3.8) is 0 Å². The van der Waals surface area contributed by atoms with Crippen molar-refractivity contribution >= 4 is 34.5 Å². The first kappa shape index (κ1) is 18.7. The molecule has 0 aliphatic rings. The molecule has 6 nitrogen and oxygen atoms in total. The molecule has 2 N–H and O–H groups in total. The maximum atomic E-state index is 12.4. The number of halogens is 1. The van der Waals surface area contributed by atoms with Crippen LogP contribution in [0.2, 0.25) is 5.02 Å². The number of hydrogen-bond donors (Lipinski definition) is 2. The van der Waals surface area contributed by atoms with E-state index in [1.165, 1.54) is 0 Å². The van der Waals surface area contributed by atoms with E-state index in [0.717, 1.165) is 21.9 Å². The summed E-state index contributed by atoms with van der Waals surface area (Å²) in [6.07, 6.45) is 1.54. The molecule has 4 aromatic rings. The number of methoxy groups -OCH3 is 1. The Hall–Kier alpha value is -3.64. The van der Waals surface area contributed by atoms with E-state index in [1.54, 1.807) is 43.7 Å². The molecule has 0 atom stereocenters. The van der Waals surface area contributed by atoms with Gasteiger partial charge in [-0.25, -0.2) is 5.43 Å². The molecule has 1 amide bonds. The molecule has 0 spiro atoms. The second-order valence-electron chi connectivity index (χ2n) is 6.28. The van der Waals surface area contributed by atoms with Gasteiger partial charge in [0.25, 0.3) is 5.91 Å². The molecule has 144 valence electrons. The van der Waals surface area contributed by atoms with Crippen LogP contribution in [0.15, 0.2) is 71.8 Å². The third-order valence-corrected chi connectivity index (χ3v) is 4.69. The lowest BCUT2D eigenvalue weighted by Crippen LogP contribution is -2.17. The van der Waals surface area contributed by atoms with Crippen LogP contribution in [-0.2, 0) is 0 Å². The summed E-state index contributed by atoms with van der Waals surface area (Å²) in [5, 5.41) is 13.7. The molecular formula is C22H17ClN4O2. The Morgan fingerprint density at radius 2 is 1.93 bits per heavy atom. The van der Waals surface area contributed by atoms with Gasteiger partial charge in [0, 0.05) is 5.02 Å². The molecule has 4 rings (SSSR count). The third kappa shape index (κ3) is 3.97. The first-order valence-electron chi connectivity index (χ1n) is 8.86. The van der Waals surface area contributed by atoms with Crippen LogP contribution < -0.4 is 10.2 Å². The summed E-state index contributed by atoms with van der Waals surface area (Å²) in [6, 6.07) is 20.6. The molecule has 29 heavy (non-hydrogen) atoms. The van der Waals surface area contributed by atoms with Crippen molar-refractivity contribution in [2.45, 2.75) is 0 Å². The van der Waals surface area contributed by atoms with Crippen molar-refractivity contribution in [3.8, 4) is 17.0 Å². The van der Waals surface area contributed by atoms with Crippen molar-refractivity contribution < 1.29 is 9.53 Å². The van der Waals surface area contributed by atoms with E-state index >= 15 is 0 Å². The van der Waals surface area contributed by atoms with Gasteiger partial charge in [0.1, 0.15) is 11.4 Å². The van der Waals surface area contributed by atoms with E-state index in [9.17, 15) is 4.79 Å². The summed E-state index contributed by atoms with van der Waals surface area (Å²) in [6.45, 7) is 0. The van der Waals surface area contributed by atoms with Crippen molar-refractivity contribution in [1.29, 1.82) is 0 Å². The number of aromatic amines is 1. The Bertz CT molecular complexity index is 1200. The van der Waals surface area contributed by atoms with Crippen LogP contribution in [0.5, 0.6) is 5.75 Å². The van der Waals surface area contributed by atoms with Crippen LogP contribution in [0.1, 0.15) is 16.1 Å². The predicted octanol–water partition coefficient (Wildman–Crippen LogP) is 4.66. The van der Waals surface area contributed by atoms with Gasteiger partial charge in [-0.1, -0.05) is 54.1 Å². The molecule has 0 saturated carbocycles. The van der Waals surface area contributed by atoms with Crippen molar-refractivity contribution in [2.75, 3.05) is 7.11 Å². The number of amides is 1. The van der Waals surface area contributed by atoms with Crippen LogP contribution in [-0.4, -0.2) is 29.4 Å². The summed E-state index contributed by atoms with van der Waals surface area (Å²) in [7, 11) is 1.61. The number of hydrogen-bond acceptors (Lipinski definition) is 4. The topological polar surface area (TPSA) is 79.4 Å². The van der Waals surface area contributed by atoms with Gasteiger partial charge >= 0.3 is 0 Å². The number of nitrogens with zero attached hydrogens (tertiary/aromatic N) is 2. The minimum atomic E-state index is -0.395. The van der Waals surface area contributed by atoms with Gasteiger partial charge in [0.05, 0.1) is 24.6 Å². The van der Waals surface area contributed by atoms with Gasteiger partial charge < -0.3 is 4.74 Å². The molecule has 7 heteroatoms. The van der Waals surface area contributed by atoms with Crippen molar-refractivity contribution in [2.24, 2.45) is 5.10 Å². The van der Waals surface area contributed by atoms with Gasteiger partial charge in [-0.15, -0.1) is 0 Å².